The standard InChI is InChI=1S/C8H7FIN2/c1-10-6-3-5-12-7(8(6)9)2-4-11-12/h2-5H,1H3/q-1. The summed E-state index contributed by atoms with van der Waals surface area (Å²) in [5, 5.41) is 3.94. The van der Waals surface area contributed by atoms with Crippen LogP contribution >= 0.6 is 0 Å². The molecule has 0 N–H and O–H groups in total. The molecular weight excluding hydrogens is 270 g/mol. The van der Waals surface area contributed by atoms with Crippen molar-refractivity contribution in [2.75, 3.05) is 4.93 Å². The Bertz CT molecular complexity index is 410. The van der Waals surface area contributed by atoms with Crippen molar-refractivity contribution in [2.24, 2.45) is 0 Å². The second-order valence-electron chi connectivity index (χ2n) is 2.33. The summed E-state index contributed by atoms with van der Waals surface area (Å²) in [4.78, 5) is 2.05. The number of hydrogen-bond acceptors (Lipinski definition) is 1. The molecule has 0 radical (unpaired) electrons. The SMILES string of the molecule is C[I-]c1ccn2nccc2c1F. The van der Waals surface area contributed by atoms with E-state index in [1.165, 1.54) is 0 Å². The number of pyridine rings is 1. The van der Waals surface area contributed by atoms with E-state index in [9.17, 15) is 4.39 Å². The van der Waals surface area contributed by atoms with Gasteiger partial charge in [0.15, 0.2) is 0 Å². The molecule has 12 heavy (non-hydrogen) atoms. The maximum absolute atomic E-state index is 13.5. The summed E-state index contributed by atoms with van der Waals surface area (Å²) in [6, 6.07) is 3.50. The van der Waals surface area contributed by atoms with Crippen LogP contribution in [-0.4, -0.2) is 14.5 Å². The molecule has 0 aliphatic carbocycles. The molecule has 0 bridgehead atoms. The van der Waals surface area contributed by atoms with Gasteiger partial charge < -0.3 is 0 Å². The molecule has 0 unspecified atom stereocenters. The number of fused-ring (bicyclic) bond motifs is 1. The van der Waals surface area contributed by atoms with Gasteiger partial charge in [-0.1, -0.05) is 0 Å². The van der Waals surface area contributed by atoms with E-state index in [0.717, 1.165) is 3.57 Å². The van der Waals surface area contributed by atoms with Crippen molar-refractivity contribution in [1.29, 1.82) is 0 Å². The van der Waals surface area contributed by atoms with Gasteiger partial charge >= 0.3 is 79.6 Å². The van der Waals surface area contributed by atoms with E-state index in [1.54, 1.807) is 23.0 Å². The Morgan fingerprint density at radius 3 is 3.08 bits per heavy atom. The van der Waals surface area contributed by atoms with E-state index < -0.39 is 0 Å². The first-order valence-electron chi connectivity index (χ1n) is 3.44. The second kappa shape index (κ2) is 3.01. The second-order valence-corrected chi connectivity index (χ2v) is 4.57. The van der Waals surface area contributed by atoms with Crippen molar-refractivity contribution >= 4 is 5.52 Å². The van der Waals surface area contributed by atoms with Gasteiger partial charge in [0, 0.05) is 0 Å². The van der Waals surface area contributed by atoms with Gasteiger partial charge in [-0.2, -0.15) is 0 Å². The Balaban J connectivity index is 2.78. The van der Waals surface area contributed by atoms with Crippen LogP contribution in [-0.2, 0) is 0 Å². The summed E-state index contributed by atoms with van der Waals surface area (Å²) in [5.41, 5.74) is 0.578. The van der Waals surface area contributed by atoms with Crippen molar-refractivity contribution in [3.63, 3.8) is 0 Å². The predicted octanol–water partition coefficient (Wildman–Crippen LogP) is -1.64. The normalized spacial score (nSPS) is 11.2. The van der Waals surface area contributed by atoms with Gasteiger partial charge in [0.25, 0.3) is 0 Å². The number of rotatable bonds is 1. The summed E-state index contributed by atoms with van der Waals surface area (Å²) in [6.07, 6.45) is 3.41. The van der Waals surface area contributed by atoms with Crippen LogP contribution in [0.25, 0.3) is 5.52 Å². The molecule has 0 aromatic carbocycles. The minimum absolute atomic E-state index is 0.106. The van der Waals surface area contributed by atoms with Crippen LogP contribution in [0.5, 0.6) is 0 Å². The van der Waals surface area contributed by atoms with Gasteiger partial charge in [0.2, 0.25) is 0 Å². The molecule has 0 fully saturated rings. The summed E-state index contributed by atoms with van der Waals surface area (Å²) >= 11 is -0.184. The van der Waals surface area contributed by atoms with E-state index in [-0.39, 0.29) is 27.0 Å². The van der Waals surface area contributed by atoms with Gasteiger partial charge in [0.1, 0.15) is 0 Å². The fourth-order valence-corrected chi connectivity index (χ4v) is 2.35. The number of aromatic nitrogens is 2. The first kappa shape index (κ1) is 7.97. The van der Waals surface area contributed by atoms with Crippen LogP contribution in [0.1, 0.15) is 0 Å². The summed E-state index contributed by atoms with van der Waals surface area (Å²) in [7, 11) is 0. The van der Waals surface area contributed by atoms with E-state index in [2.05, 4.69) is 5.10 Å². The van der Waals surface area contributed by atoms with Crippen LogP contribution < -0.4 is 21.2 Å². The number of nitrogens with zero attached hydrogens (tertiary/aromatic N) is 2. The Morgan fingerprint density at radius 2 is 2.33 bits per heavy atom. The van der Waals surface area contributed by atoms with Gasteiger partial charge in [-0.15, -0.1) is 0 Å². The van der Waals surface area contributed by atoms with Crippen LogP contribution in [0.4, 0.5) is 4.39 Å². The summed E-state index contributed by atoms with van der Waals surface area (Å²) < 4.78 is 15.9. The molecule has 4 heteroatoms. The van der Waals surface area contributed by atoms with E-state index in [0.29, 0.717) is 5.52 Å². The first-order valence-corrected chi connectivity index (χ1v) is 6.68. The van der Waals surface area contributed by atoms with Gasteiger partial charge in [-0.25, -0.2) is 0 Å². The summed E-state index contributed by atoms with van der Waals surface area (Å²) in [6.45, 7) is 0. The van der Waals surface area contributed by atoms with Gasteiger partial charge in [0.05, 0.1) is 0 Å². The zero-order valence-electron chi connectivity index (χ0n) is 6.46. The predicted molar refractivity (Wildman–Crippen MR) is 39.8 cm³/mol. The fourth-order valence-electron chi connectivity index (χ4n) is 1.08. The van der Waals surface area contributed by atoms with Crippen molar-refractivity contribution in [1.82, 2.24) is 9.61 Å². The average molecular weight is 277 g/mol. The molecule has 64 valence electrons. The van der Waals surface area contributed by atoms with Crippen LogP contribution in [0, 0.1) is 9.39 Å². The first-order chi connectivity index (χ1) is 5.83. The quantitative estimate of drug-likeness (QED) is 0.451. The minimum atomic E-state index is -0.184. The topological polar surface area (TPSA) is 17.3 Å². The van der Waals surface area contributed by atoms with Crippen molar-refractivity contribution in [3.8, 4) is 0 Å². The Morgan fingerprint density at radius 1 is 1.50 bits per heavy atom. The molecule has 0 spiro atoms. The third-order valence-electron chi connectivity index (χ3n) is 1.67. The van der Waals surface area contributed by atoms with Crippen LogP contribution in [0.2, 0.25) is 0 Å². The Kier molecular flexibility index (Phi) is 2.00. The van der Waals surface area contributed by atoms with Gasteiger partial charge in [-0.3, -0.25) is 0 Å². The molecule has 0 aliphatic heterocycles. The van der Waals surface area contributed by atoms with Crippen LogP contribution in [0.3, 0.4) is 0 Å². The van der Waals surface area contributed by atoms with Gasteiger partial charge in [-0.05, 0) is 0 Å². The zero-order valence-corrected chi connectivity index (χ0v) is 8.62. The molecule has 0 saturated carbocycles. The molecule has 0 amide bonds. The third-order valence-corrected chi connectivity index (χ3v) is 3.67. The molecule has 2 aromatic rings. The molecule has 2 aromatic heterocycles. The molecule has 2 nitrogen and oxygen atoms in total. The zero-order chi connectivity index (χ0) is 8.55. The monoisotopic (exact) mass is 277 g/mol. The van der Waals surface area contributed by atoms with E-state index in [1.807, 2.05) is 11.0 Å². The number of alkyl halides is 1. The third kappa shape index (κ3) is 1.10. The fraction of sp³-hybridized carbons (Fsp3) is 0.125. The molecular formula is C8H7FIN2-. The molecule has 0 saturated heterocycles. The van der Waals surface area contributed by atoms with Crippen molar-refractivity contribution in [3.05, 3.63) is 33.9 Å². The van der Waals surface area contributed by atoms with Crippen molar-refractivity contribution < 1.29 is 25.6 Å². The Hall–Kier alpha value is -0.650. The number of hydrogen-bond donors (Lipinski definition) is 0. The average Bonchev–Trinajstić information content (AvgIpc) is 2.53. The molecule has 0 aliphatic rings. The Labute approximate surface area is 79.7 Å². The summed E-state index contributed by atoms with van der Waals surface area (Å²) in [5.74, 6) is -0.106. The molecule has 0 atom stereocenters. The van der Waals surface area contributed by atoms with Crippen molar-refractivity contribution in [2.45, 2.75) is 0 Å². The van der Waals surface area contributed by atoms with E-state index >= 15 is 0 Å². The number of halogens is 2. The molecule has 2 rings (SSSR count). The van der Waals surface area contributed by atoms with Crippen LogP contribution in [0.15, 0.2) is 24.5 Å². The maximum atomic E-state index is 13.5. The van der Waals surface area contributed by atoms with E-state index in [4.69, 9.17) is 0 Å². The molecule has 2 heterocycles.